The zero-order chi connectivity index (χ0) is 18.9. The monoisotopic (exact) mass is 410 g/mol. The highest BCUT2D eigenvalue weighted by molar-refractivity contribution is 7.89. The highest BCUT2D eigenvalue weighted by Crippen LogP contribution is 2.22. The van der Waals surface area contributed by atoms with Crippen LogP contribution >= 0.6 is 22.9 Å². The summed E-state index contributed by atoms with van der Waals surface area (Å²) in [5.41, 5.74) is 0.977. The molecular formula is C16H15ClN4O3S2. The summed E-state index contributed by atoms with van der Waals surface area (Å²) < 4.78 is 27.2. The summed E-state index contributed by atoms with van der Waals surface area (Å²) in [4.78, 5) is 17.2. The van der Waals surface area contributed by atoms with Crippen molar-refractivity contribution >= 4 is 55.6 Å². The van der Waals surface area contributed by atoms with E-state index in [0.29, 0.717) is 16.5 Å². The SMILES string of the molecule is CN(C)S(=O)(=O)c1cccc(NC(=O)/C=C/c2c(Cl)nc3sccn23)c1. The standard InChI is InChI=1S/C16H15ClN4O3S2/c1-20(2)26(23,24)12-5-3-4-11(10-12)18-14(22)7-6-13-15(17)19-16-21(13)8-9-25-16/h3-10H,1-2H3,(H,18,22)/b7-6+. The summed E-state index contributed by atoms with van der Waals surface area (Å²) in [6, 6.07) is 6.06. The van der Waals surface area contributed by atoms with Gasteiger partial charge >= 0.3 is 0 Å². The Morgan fingerprint density at radius 2 is 2.15 bits per heavy atom. The third-order valence-electron chi connectivity index (χ3n) is 3.53. The minimum absolute atomic E-state index is 0.100. The van der Waals surface area contributed by atoms with Crippen LogP contribution in [0.4, 0.5) is 5.69 Å². The van der Waals surface area contributed by atoms with Gasteiger partial charge in [-0.15, -0.1) is 11.3 Å². The van der Waals surface area contributed by atoms with E-state index in [4.69, 9.17) is 11.6 Å². The van der Waals surface area contributed by atoms with Crippen molar-refractivity contribution in [1.29, 1.82) is 0 Å². The average Bonchev–Trinajstić information content (AvgIpc) is 3.13. The predicted molar refractivity (Wildman–Crippen MR) is 103 cm³/mol. The largest absolute Gasteiger partial charge is 0.322 e. The van der Waals surface area contributed by atoms with Crippen LogP contribution in [-0.2, 0) is 14.8 Å². The van der Waals surface area contributed by atoms with Gasteiger partial charge in [-0.2, -0.15) is 0 Å². The Hall–Kier alpha value is -2.20. The Kier molecular flexibility index (Phi) is 5.15. The predicted octanol–water partition coefficient (Wildman–Crippen LogP) is 2.95. The number of nitrogens with one attached hydrogen (secondary N) is 1. The molecule has 7 nitrogen and oxygen atoms in total. The minimum atomic E-state index is -3.57. The van der Waals surface area contributed by atoms with Crippen LogP contribution < -0.4 is 5.32 Å². The number of carbonyl (C=O) groups is 1. The van der Waals surface area contributed by atoms with Crippen LogP contribution in [0.3, 0.4) is 0 Å². The molecule has 0 aliphatic carbocycles. The van der Waals surface area contributed by atoms with Crippen LogP contribution in [0.1, 0.15) is 5.69 Å². The molecule has 0 aliphatic heterocycles. The number of amides is 1. The van der Waals surface area contributed by atoms with Gasteiger partial charge in [0.25, 0.3) is 0 Å². The van der Waals surface area contributed by atoms with Crippen LogP contribution in [0.5, 0.6) is 0 Å². The van der Waals surface area contributed by atoms with Crippen molar-refractivity contribution in [3.63, 3.8) is 0 Å². The summed E-state index contributed by atoms with van der Waals surface area (Å²) >= 11 is 7.51. The fourth-order valence-electron chi connectivity index (χ4n) is 2.21. The summed E-state index contributed by atoms with van der Waals surface area (Å²) in [7, 11) is -0.674. The third kappa shape index (κ3) is 3.65. The molecule has 0 spiro atoms. The van der Waals surface area contributed by atoms with Crippen molar-refractivity contribution in [1.82, 2.24) is 13.7 Å². The van der Waals surface area contributed by atoms with Crippen molar-refractivity contribution < 1.29 is 13.2 Å². The summed E-state index contributed by atoms with van der Waals surface area (Å²) in [6.07, 6.45) is 4.69. The number of rotatable bonds is 5. The second kappa shape index (κ2) is 7.20. The number of hydrogen-bond donors (Lipinski definition) is 1. The Labute approximate surface area is 159 Å². The normalized spacial score (nSPS) is 12.3. The van der Waals surface area contributed by atoms with Gasteiger partial charge < -0.3 is 5.32 Å². The molecule has 0 unspecified atom stereocenters. The van der Waals surface area contributed by atoms with E-state index in [1.807, 2.05) is 11.6 Å². The van der Waals surface area contributed by atoms with Gasteiger partial charge in [0, 0.05) is 37.4 Å². The smallest absolute Gasteiger partial charge is 0.248 e. The lowest BCUT2D eigenvalue weighted by Gasteiger charge is -2.12. The van der Waals surface area contributed by atoms with E-state index < -0.39 is 15.9 Å². The minimum Gasteiger partial charge on any atom is -0.322 e. The fourth-order valence-corrected chi connectivity index (χ4v) is 4.16. The van der Waals surface area contributed by atoms with Gasteiger partial charge in [-0.05, 0) is 24.3 Å². The molecule has 0 atom stereocenters. The molecule has 0 bridgehead atoms. The number of nitrogens with zero attached hydrogens (tertiary/aromatic N) is 3. The van der Waals surface area contributed by atoms with Crippen molar-refractivity contribution in [3.05, 3.63) is 52.8 Å². The number of anilines is 1. The van der Waals surface area contributed by atoms with Gasteiger partial charge in [0.15, 0.2) is 10.1 Å². The van der Waals surface area contributed by atoms with E-state index >= 15 is 0 Å². The van der Waals surface area contributed by atoms with E-state index in [2.05, 4.69) is 10.3 Å². The zero-order valence-electron chi connectivity index (χ0n) is 13.9. The number of carbonyl (C=O) groups excluding carboxylic acids is 1. The maximum absolute atomic E-state index is 12.2. The molecule has 0 saturated heterocycles. The van der Waals surface area contributed by atoms with Crippen LogP contribution in [-0.4, -0.2) is 42.1 Å². The first-order valence-corrected chi connectivity index (χ1v) is 10.1. The van der Waals surface area contributed by atoms with E-state index in [0.717, 1.165) is 9.27 Å². The van der Waals surface area contributed by atoms with Crippen molar-refractivity contribution in [2.75, 3.05) is 19.4 Å². The first-order valence-electron chi connectivity index (χ1n) is 7.42. The lowest BCUT2D eigenvalue weighted by atomic mass is 10.3. The van der Waals surface area contributed by atoms with E-state index in [1.54, 1.807) is 22.6 Å². The Morgan fingerprint density at radius 1 is 1.38 bits per heavy atom. The number of sulfonamides is 1. The Morgan fingerprint density at radius 3 is 2.88 bits per heavy atom. The molecule has 0 saturated carbocycles. The van der Waals surface area contributed by atoms with Gasteiger partial charge in [-0.1, -0.05) is 17.7 Å². The van der Waals surface area contributed by atoms with Crippen LogP contribution in [0.25, 0.3) is 11.0 Å². The van der Waals surface area contributed by atoms with Gasteiger partial charge in [-0.25, -0.2) is 17.7 Å². The van der Waals surface area contributed by atoms with Crippen molar-refractivity contribution in [3.8, 4) is 0 Å². The number of aromatic nitrogens is 2. The summed E-state index contributed by atoms with van der Waals surface area (Å²) in [5, 5.41) is 4.81. The molecule has 2 heterocycles. The molecule has 1 amide bonds. The molecule has 26 heavy (non-hydrogen) atoms. The van der Waals surface area contributed by atoms with Crippen LogP contribution in [0.15, 0.2) is 46.8 Å². The second-order valence-electron chi connectivity index (χ2n) is 5.48. The van der Waals surface area contributed by atoms with E-state index in [-0.39, 0.29) is 4.90 Å². The van der Waals surface area contributed by atoms with Crippen LogP contribution in [0, 0.1) is 0 Å². The molecule has 0 radical (unpaired) electrons. The molecule has 136 valence electrons. The average molecular weight is 411 g/mol. The first-order chi connectivity index (χ1) is 12.3. The quantitative estimate of drug-likeness (QED) is 0.655. The zero-order valence-corrected chi connectivity index (χ0v) is 16.3. The highest BCUT2D eigenvalue weighted by atomic mass is 35.5. The lowest BCUT2D eigenvalue weighted by molar-refractivity contribution is -0.111. The van der Waals surface area contributed by atoms with Crippen LogP contribution in [0.2, 0.25) is 5.15 Å². The molecule has 1 aromatic carbocycles. The molecule has 2 aromatic heterocycles. The molecule has 3 aromatic rings. The van der Waals surface area contributed by atoms with Gasteiger partial charge in [-0.3, -0.25) is 9.20 Å². The molecular weight excluding hydrogens is 396 g/mol. The highest BCUT2D eigenvalue weighted by Gasteiger charge is 2.17. The number of thiazole rings is 1. The Balaban J connectivity index is 1.78. The topological polar surface area (TPSA) is 83.8 Å². The second-order valence-corrected chi connectivity index (χ2v) is 8.86. The summed E-state index contributed by atoms with van der Waals surface area (Å²) in [6.45, 7) is 0. The maximum atomic E-state index is 12.2. The van der Waals surface area contributed by atoms with Crippen molar-refractivity contribution in [2.24, 2.45) is 0 Å². The number of imidazole rings is 1. The fraction of sp³-hybridized carbons (Fsp3) is 0.125. The van der Waals surface area contributed by atoms with Crippen molar-refractivity contribution in [2.45, 2.75) is 4.90 Å². The molecule has 0 fully saturated rings. The molecule has 0 aliphatic rings. The van der Waals surface area contributed by atoms with Gasteiger partial charge in [0.05, 0.1) is 10.6 Å². The molecule has 3 rings (SSSR count). The number of halogens is 1. The molecule has 10 heteroatoms. The van der Waals surface area contributed by atoms with E-state index in [9.17, 15) is 13.2 Å². The summed E-state index contributed by atoms with van der Waals surface area (Å²) in [5.74, 6) is -0.411. The van der Waals surface area contributed by atoms with E-state index in [1.165, 1.54) is 43.6 Å². The molecule has 1 N–H and O–H groups in total. The number of fused-ring (bicyclic) bond motifs is 1. The Bertz CT molecular complexity index is 1100. The van der Waals surface area contributed by atoms with Gasteiger partial charge in [0.2, 0.25) is 15.9 Å². The third-order valence-corrected chi connectivity index (χ3v) is 6.37. The maximum Gasteiger partial charge on any atom is 0.248 e. The number of benzene rings is 1. The first kappa shape index (κ1) is 18.6. The number of hydrogen-bond acceptors (Lipinski definition) is 5. The van der Waals surface area contributed by atoms with Gasteiger partial charge in [0.1, 0.15) is 0 Å². The lowest BCUT2D eigenvalue weighted by Crippen LogP contribution is -2.22.